The van der Waals surface area contributed by atoms with Gasteiger partial charge in [-0.15, -0.1) is 0 Å². The molecule has 0 aliphatic carbocycles. The van der Waals surface area contributed by atoms with Gasteiger partial charge in [-0.25, -0.2) is 0 Å². The minimum Gasteiger partial charge on any atom is -0.267 e. The lowest BCUT2D eigenvalue weighted by Gasteiger charge is -2.09. The zero-order chi connectivity index (χ0) is 15.9. The van der Waals surface area contributed by atoms with Gasteiger partial charge in [-0.3, -0.25) is 9.59 Å². The molecule has 1 aliphatic rings. The Kier molecular flexibility index (Phi) is 3.37. The summed E-state index contributed by atoms with van der Waals surface area (Å²) in [5, 5.41) is 5.06. The summed E-state index contributed by atoms with van der Waals surface area (Å²) in [5.41, 5.74) is 5.05. The van der Waals surface area contributed by atoms with Gasteiger partial charge in [0, 0.05) is 5.56 Å². The first-order valence-corrected chi connectivity index (χ1v) is 7.08. The van der Waals surface area contributed by atoms with Gasteiger partial charge in [0.2, 0.25) is 0 Å². The van der Waals surface area contributed by atoms with E-state index < -0.39 is 0 Å². The summed E-state index contributed by atoms with van der Waals surface area (Å²) < 4.78 is 0. The third-order valence-corrected chi connectivity index (χ3v) is 3.81. The van der Waals surface area contributed by atoms with Crippen LogP contribution in [0.1, 0.15) is 43.0 Å². The Labute approximate surface area is 129 Å². The largest absolute Gasteiger partial charge is 0.282 e. The molecule has 0 spiro atoms. The predicted molar refractivity (Wildman–Crippen MR) is 85.2 cm³/mol. The van der Waals surface area contributed by atoms with Crippen molar-refractivity contribution in [3.63, 3.8) is 0 Å². The molecule has 0 saturated carbocycles. The highest BCUT2D eigenvalue weighted by Crippen LogP contribution is 2.23. The SMILES string of the molecule is Cc1cc(C)c(C=NN2C(=O)c3ccccc3C2=O)c(C)c1. The van der Waals surface area contributed by atoms with Crippen LogP contribution in [0.15, 0.2) is 41.5 Å². The Morgan fingerprint density at radius 3 is 1.91 bits per heavy atom. The number of carbonyl (C=O) groups is 2. The minimum absolute atomic E-state index is 0.376. The number of hydrogen-bond acceptors (Lipinski definition) is 3. The van der Waals surface area contributed by atoms with E-state index in [4.69, 9.17) is 0 Å². The third-order valence-electron chi connectivity index (χ3n) is 3.81. The molecule has 1 aliphatic heterocycles. The van der Waals surface area contributed by atoms with Crippen LogP contribution < -0.4 is 0 Å². The maximum Gasteiger partial charge on any atom is 0.282 e. The Bertz CT molecular complexity index is 764. The molecule has 22 heavy (non-hydrogen) atoms. The highest BCUT2D eigenvalue weighted by atomic mass is 16.2. The maximum absolute atomic E-state index is 12.2. The fourth-order valence-corrected chi connectivity index (χ4v) is 2.79. The number of hydrogen-bond donors (Lipinski definition) is 0. The lowest BCUT2D eigenvalue weighted by atomic mass is 10.0. The Morgan fingerprint density at radius 1 is 0.909 bits per heavy atom. The van der Waals surface area contributed by atoms with Crippen molar-refractivity contribution in [2.24, 2.45) is 5.10 Å². The molecular formula is C18H16N2O2. The number of amides is 2. The van der Waals surface area contributed by atoms with Crippen molar-refractivity contribution in [3.05, 3.63) is 69.8 Å². The zero-order valence-electron chi connectivity index (χ0n) is 12.8. The molecule has 2 aromatic rings. The Hall–Kier alpha value is -2.75. The van der Waals surface area contributed by atoms with E-state index in [0.29, 0.717) is 11.1 Å². The fraction of sp³-hybridized carbons (Fsp3) is 0.167. The predicted octanol–water partition coefficient (Wildman–Crippen LogP) is 3.24. The average Bonchev–Trinajstić information content (AvgIpc) is 2.71. The van der Waals surface area contributed by atoms with E-state index in [1.165, 1.54) is 5.56 Å². The summed E-state index contributed by atoms with van der Waals surface area (Å²) in [4.78, 5) is 24.5. The van der Waals surface area contributed by atoms with Crippen LogP contribution in [0.3, 0.4) is 0 Å². The monoisotopic (exact) mass is 292 g/mol. The molecule has 0 saturated heterocycles. The van der Waals surface area contributed by atoms with Crippen molar-refractivity contribution in [2.75, 3.05) is 0 Å². The standard InChI is InChI=1S/C18H16N2O2/c1-11-8-12(2)16(13(3)9-11)10-19-20-17(21)14-6-4-5-7-15(14)18(20)22/h4-10H,1-3H3. The van der Waals surface area contributed by atoms with E-state index in [0.717, 1.165) is 21.7 Å². The molecule has 0 bridgehead atoms. The average molecular weight is 292 g/mol. The molecule has 1 heterocycles. The zero-order valence-corrected chi connectivity index (χ0v) is 12.8. The van der Waals surface area contributed by atoms with Gasteiger partial charge in [0.1, 0.15) is 0 Å². The van der Waals surface area contributed by atoms with E-state index >= 15 is 0 Å². The van der Waals surface area contributed by atoms with Crippen LogP contribution in [0.5, 0.6) is 0 Å². The van der Waals surface area contributed by atoms with Gasteiger partial charge in [-0.2, -0.15) is 10.1 Å². The molecule has 0 N–H and O–H groups in total. The summed E-state index contributed by atoms with van der Waals surface area (Å²) in [7, 11) is 0. The van der Waals surface area contributed by atoms with E-state index in [1.54, 1.807) is 30.5 Å². The first-order chi connectivity index (χ1) is 10.5. The highest BCUT2D eigenvalue weighted by Gasteiger charge is 2.35. The minimum atomic E-state index is -0.376. The summed E-state index contributed by atoms with van der Waals surface area (Å²) >= 11 is 0. The smallest absolute Gasteiger partial charge is 0.267 e. The molecule has 0 aromatic heterocycles. The van der Waals surface area contributed by atoms with Gasteiger partial charge in [0.25, 0.3) is 11.8 Å². The van der Waals surface area contributed by atoms with Crippen LogP contribution in [0.2, 0.25) is 0 Å². The van der Waals surface area contributed by atoms with Crippen LogP contribution in [0.25, 0.3) is 0 Å². The number of hydrazone groups is 1. The van der Waals surface area contributed by atoms with E-state index in [-0.39, 0.29) is 11.8 Å². The van der Waals surface area contributed by atoms with Crippen LogP contribution in [-0.2, 0) is 0 Å². The molecule has 2 amide bonds. The van der Waals surface area contributed by atoms with Crippen LogP contribution >= 0.6 is 0 Å². The summed E-state index contributed by atoms with van der Waals surface area (Å²) in [6.07, 6.45) is 1.59. The lowest BCUT2D eigenvalue weighted by Crippen LogP contribution is -2.24. The molecule has 110 valence electrons. The molecule has 0 unspecified atom stereocenters. The number of carbonyl (C=O) groups excluding carboxylic acids is 2. The Balaban J connectivity index is 1.96. The number of aryl methyl sites for hydroxylation is 3. The van der Waals surface area contributed by atoms with Gasteiger partial charge in [0.05, 0.1) is 17.3 Å². The van der Waals surface area contributed by atoms with Gasteiger partial charge in [0.15, 0.2) is 0 Å². The maximum atomic E-state index is 12.2. The molecule has 0 radical (unpaired) electrons. The topological polar surface area (TPSA) is 49.7 Å². The third kappa shape index (κ3) is 2.22. The number of imide groups is 1. The quantitative estimate of drug-likeness (QED) is 0.630. The Morgan fingerprint density at radius 2 is 1.41 bits per heavy atom. The highest BCUT2D eigenvalue weighted by molar-refractivity contribution is 6.21. The van der Waals surface area contributed by atoms with Gasteiger partial charge < -0.3 is 0 Å². The molecule has 2 aromatic carbocycles. The van der Waals surface area contributed by atoms with Crippen molar-refractivity contribution in [3.8, 4) is 0 Å². The first kappa shape index (κ1) is 14.2. The molecule has 4 heteroatoms. The van der Waals surface area contributed by atoms with Crippen LogP contribution in [0.4, 0.5) is 0 Å². The van der Waals surface area contributed by atoms with E-state index in [1.807, 2.05) is 20.8 Å². The molecule has 0 fully saturated rings. The molecule has 4 nitrogen and oxygen atoms in total. The van der Waals surface area contributed by atoms with Crippen molar-refractivity contribution in [1.82, 2.24) is 5.01 Å². The fourth-order valence-electron chi connectivity index (χ4n) is 2.79. The number of benzene rings is 2. The second-order valence-electron chi connectivity index (χ2n) is 5.52. The van der Waals surface area contributed by atoms with Gasteiger partial charge in [-0.1, -0.05) is 29.8 Å². The summed E-state index contributed by atoms with van der Waals surface area (Å²) in [6.45, 7) is 6.01. The molecular weight excluding hydrogens is 276 g/mol. The van der Waals surface area contributed by atoms with Gasteiger partial charge in [-0.05, 0) is 44.0 Å². The van der Waals surface area contributed by atoms with Crippen molar-refractivity contribution in [2.45, 2.75) is 20.8 Å². The number of rotatable bonds is 2. The van der Waals surface area contributed by atoms with E-state index in [2.05, 4.69) is 17.2 Å². The van der Waals surface area contributed by atoms with Crippen LogP contribution in [0, 0.1) is 20.8 Å². The van der Waals surface area contributed by atoms with Crippen molar-refractivity contribution >= 4 is 18.0 Å². The summed E-state index contributed by atoms with van der Waals surface area (Å²) in [6, 6.07) is 10.9. The normalized spacial score (nSPS) is 14.0. The number of nitrogens with zero attached hydrogens (tertiary/aromatic N) is 2. The lowest BCUT2D eigenvalue weighted by molar-refractivity contribution is 0.0660. The van der Waals surface area contributed by atoms with Crippen molar-refractivity contribution in [1.29, 1.82) is 0 Å². The van der Waals surface area contributed by atoms with Crippen LogP contribution in [-0.4, -0.2) is 23.0 Å². The van der Waals surface area contributed by atoms with Crippen molar-refractivity contribution < 1.29 is 9.59 Å². The number of fused-ring (bicyclic) bond motifs is 1. The first-order valence-electron chi connectivity index (χ1n) is 7.08. The molecule has 3 rings (SSSR count). The van der Waals surface area contributed by atoms with E-state index in [9.17, 15) is 9.59 Å². The molecule has 0 atom stereocenters. The van der Waals surface area contributed by atoms with Gasteiger partial charge >= 0.3 is 0 Å². The second kappa shape index (κ2) is 5.22. The second-order valence-corrected chi connectivity index (χ2v) is 5.52. The summed E-state index contributed by atoms with van der Waals surface area (Å²) in [5.74, 6) is -0.751.